The summed E-state index contributed by atoms with van der Waals surface area (Å²) in [7, 11) is 0. The normalized spacial score (nSPS) is 15.2. The second-order valence-electron chi connectivity index (χ2n) is 8.40. The Morgan fingerprint density at radius 2 is 1.97 bits per heavy atom. The minimum atomic E-state index is -0.619. The Kier molecular flexibility index (Phi) is 4.66. The van der Waals surface area contributed by atoms with Crippen LogP contribution in [0.2, 0.25) is 0 Å². The summed E-state index contributed by atoms with van der Waals surface area (Å²) in [5.74, 6) is -0.626. The lowest BCUT2D eigenvalue weighted by atomic mass is 10.2. The molecule has 0 radical (unpaired) electrons. The van der Waals surface area contributed by atoms with Gasteiger partial charge in [-0.3, -0.25) is 4.79 Å². The van der Waals surface area contributed by atoms with Crippen LogP contribution in [0.25, 0.3) is 22.1 Å². The minimum absolute atomic E-state index is 0.235. The Bertz CT molecular complexity index is 1590. The van der Waals surface area contributed by atoms with E-state index in [0.29, 0.717) is 57.8 Å². The van der Waals surface area contributed by atoms with Gasteiger partial charge in [0.1, 0.15) is 34.8 Å². The molecule has 9 heteroatoms. The number of fused-ring (bicyclic) bond motifs is 4. The third kappa shape index (κ3) is 3.41. The number of pyridine rings is 1. The van der Waals surface area contributed by atoms with E-state index in [2.05, 4.69) is 15.3 Å². The zero-order valence-electron chi connectivity index (χ0n) is 17.9. The van der Waals surface area contributed by atoms with E-state index >= 15 is 0 Å². The molecule has 4 heterocycles. The van der Waals surface area contributed by atoms with E-state index < -0.39 is 17.8 Å². The van der Waals surface area contributed by atoms with E-state index in [-0.39, 0.29) is 12.4 Å². The maximum atomic E-state index is 13.9. The molecule has 2 N–H and O–H groups in total. The van der Waals surface area contributed by atoms with Crippen LogP contribution in [0.3, 0.4) is 0 Å². The number of imidazole rings is 1. The minimum Gasteiger partial charge on any atom is -0.385 e. The molecule has 2 aromatic carbocycles. The van der Waals surface area contributed by atoms with Crippen LogP contribution in [0.15, 0.2) is 60.8 Å². The fourth-order valence-corrected chi connectivity index (χ4v) is 4.57. The van der Waals surface area contributed by atoms with Crippen molar-refractivity contribution in [3.05, 3.63) is 89.5 Å². The van der Waals surface area contributed by atoms with Crippen LogP contribution in [0.5, 0.6) is 0 Å². The number of aliphatic hydroxyl groups is 1. The number of nitrogens with zero attached hydrogens (tertiary/aromatic N) is 4. The first-order valence-corrected chi connectivity index (χ1v) is 10.8. The van der Waals surface area contributed by atoms with Crippen LogP contribution < -0.4 is 5.32 Å². The van der Waals surface area contributed by atoms with Gasteiger partial charge in [0, 0.05) is 24.0 Å². The Balaban J connectivity index is 1.37. The van der Waals surface area contributed by atoms with E-state index in [1.807, 2.05) is 4.57 Å². The summed E-state index contributed by atoms with van der Waals surface area (Å²) < 4.78 is 31.2. The number of rotatable bonds is 4. The Hall–Kier alpha value is -4.11. The van der Waals surface area contributed by atoms with E-state index in [1.54, 1.807) is 41.1 Å². The van der Waals surface area contributed by atoms with Crippen LogP contribution in [0.4, 0.5) is 14.5 Å². The van der Waals surface area contributed by atoms with Crippen molar-refractivity contribution in [2.75, 3.05) is 5.32 Å². The van der Waals surface area contributed by atoms with Crippen molar-refractivity contribution >= 4 is 33.7 Å². The van der Waals surface area contributed by atoms with E-state index in [0.717, 1.165) is 0 Å². The summed E-state index contributed by atoms with van der Waals surface area (Å²) in [4.78, 5) is 22.2. The summed E-state index contributed by atoms with van der Waals surface area (Å²) >= 11 is 0. The van der Waals surface area contributed by atoms with Gasteiger partial charge in [-0.15, -0.1) is 0 Å². The van der Waals surface area contributed by atoms with Gasteiger partial charge >= 0.3 is 0 Å². The molecule has 0 saturated carbocycles. The van der Waals surface area contributed by atoms with Crippen molar-refractivity contribution in [2.45, 2.75) is 25.6 Å². The van der Waals surface area contributed by atoms with Crippen LogP contribution in [0.1, 0.15) is 34.4 Å². The first-order valence-electron chi connectivity index (χ1n) is 10.8. The Morgan fingerprint density at radius 1 is 1.12 bits per heavy atom. The highest BCUT2D eigenvalue weighted by Gasteiger charge is 2.25. The average Bonchev–Trinajstić information content (AvgIpc) is 3.46. The van der Waals surface area contributed by atoms with Gasteiger partial charge in [-0.25, -0.2) is 18.7 Å². The number of benzene rings is 2. The van der Waals surface area contributed by atoms with Crippen LogP contribution >= 0.6 is 0 Å². The number of aromatic nitrogens is 4. The summed E-state index contributed by atoms with van der Waals surface area (Å²) in [6, 6.07) is 13.7. The first-order chi connectivity index (χ1) is 16.5. The Labute approximate surface area is 192 Å². The molecule has 1 atom stereocenters. The van der Waals surface area contributed by atoms with E-state index in [1.165, 1.54) is 24.3 Å². The van der Waals surface area contributed by atoms with Gasteiger partial charge in [0.15, 0.2) is 5.65 Å². The maximum absolute atomic E-state index is 13.9. The smallest absolute Gasteiger partial charge is 0.272 e. The largest absolute Gasteiger partial charge is 0.385 e. The summed E-state index contributed by atoms with van der Waals surface area (Å²) in [5, 5.41) is 13.5. The quantitative estimate of drug-likeness (QED) is 0.417. The number of carbonyl (C=O) groups excluding carboxylic acids is 1. The van der Waals surface area contributed by atoms with Crippen molar-refractivity contribution in [1.29, 1.82) is 0 Å². The molecule has 170 valence electrons. The summed E-state index contributed by atoms with van der Waals surface area (Å²) in [6.45, 7) is 0.876. The molecule has 0 spiro atoms. The van der Waals surface area contributed by atoms with Crippen molar-refractivity contribution in [3.8, 4) is 0 Å². The van der Waals surface area contributed by atoms with Crippen molar-refractivity contribution in [2.24, 2.45) is 0 Å². The number of nitrogens with one attached hydrogen (secondary N) is 1. The monoisotopic (exact) mass is 459 g/mol. The molecule has 0 bridgehead atoms. The number of aliphatic hydroxyl groups excluding tert-OH is 1. The standard InChI is InChI=1S/C25H19F2N5O2/c26-16-3-1-2-14(8-16)13-32-20-5-4-17(27)9-15(20)10-21(32)25(34)29-18-11-19-23(28-12-18)31-7-6-22(33)24(31)30-19/h1-5,8-12,22,33H,6-7,13H2,(H,29,34). The van der Waals surface area contributed by atoms with Crippen LogP contribution in [-0.4, -0.2) is 30.1 Å². The fourth-order valence-electron chi connectivity index (χ4n) is 4.57. The highest BCUT2D eigenvalue weighted by Crippen LogP contribution is 2.30. The molecule has 1 amide bonds. The van der Waals surface area contributed by atoms with E-state index in [9.17, 15) is 18.7 Å². The van der Waals surface area contributed by atoms with Crippen LogP contribution in [0, 0.1) is 11.6 Å². The lowest BCUT2D eigenvalue weighted by Gasteiger charge is -2.12. The highest BCUT2D eigenvalue weighted by molar-refractivity contribution is 6.06. The third-order valence-corrected chi connectivity index (χ3v) is 6.12. The molecule has 1 aliphatic heterocycles. The molecule has 0 aliphatic carbocycles. The molecule has 5 aromatic rings. The molecular formula is C25H19F2N5O2. The maximum Gasteiger partial charge on any atom is 0.272 e. The zero-order chi connectivity index (χ0) is 23.4. The number of hydrogen-bond acceptors (Lipinski definition) is 4. The van der Waals surface area contributed by atoms with Gasteiger partial charge in [0.05, 0.1) is 11.9 Å². The van der Waals surface area contributed by atoms with Gasteiger partial charge < -0.3 is 19.6 Å². The zero-order valence-corrected chi connectivity index (χ0v) is 17.9. The average molecular weight is 459 g/mol. The van der Waals surface area contributed by atoms with Gasteiger partial charge in [-0.1, -0.05) is 12.1 Å². The van der Waals surface area contributed by atoms with Gasteiger partial charge in [0.25, 0.3) is 5.91 Å². The van der Waals surface area contributed by atoms with Crippen molar-refractivity contribution in [1.82, 2.24) is 19.1 Å². The molecule has 0 saturated heterocycles. The molecule has 0 fully saturated rings. The van der Waals surface area contributed by atoms with Crippen molar-refractivity contribution in [3.63, 3.8) is 0 Å². The van der Waals surface area contributed by atoms with Gasteiger partial charge in [-0.2, -0.15) is 0 Å². The lowest BCUT2D eigenvalue weighted by molar-refractivity contribution is 0.101. The summed E-state index contributed by atoms with van der Waals surface area (Å²) in [6.07, 6.45) is 1.53. The van der Waals surface area contributed by atoms with Gasteiger partial charge in [0.2, 0.25) is 0 Å². The predicted octanol–water partition coefficient (Wildman–Crippen LogP) is 4.40. The number of amides is 1. The molecule has 7 nitrogen and oxygen atoms in total. The Morgan fingerprint density at radius 3 is 2.82 bits per heavy atom. The fraction of sp³-hybridized carbons (Fsp3) is 0.160. The summed E-state index contributed by atoms with van der Waals surface area (Å²) in [5.41, 5.74) is 3.30. The predicted molar refractivity (Wildman–Crippen MR) is 122 cm³/mol. The lowest BCUT2D eigenvalue weighted by Crippen LogP contribution is -2.17. The first kappa shape index (κ1) is 20.5. The molecule has 34 heavy (non-hydrogen) atoms. The number of halogens is 2. The molecule has 1 unspecified atom stereocenters. The third-order valence-electron chi connectivity index (χ3n) is 6.12. The number of anilines is 1. The number of hydrogen-bond donors (Lipinski definition) is 2. The molecular weight excluding hydrogens is 440 g/mol. The number of aryl methyl sites for hydroxylation is 1. The second kappa shape index (κ2) is 7.74. The van der Waals surface area contributed by atoms with Crippen LogP contribution in [-0.2, 0) is 13.1 Å². The topological polar surface area (TPSA) is 85.0 Å². The molecule has 1 aliphatic rings. The van der Waals surface area contributed by atoms with E-state index in [4.69, 9.17) is 0 Å². The highest BCUT2D eigenvalue weighted by atomic mass is 19.1. The molecule has 3 aromatic heterocycles. The SMILES string of the molecule is O=C(Nc1cnc2c(c1)nc1n2CCC1O)c1cc2cc(F)ccc2n1Cc1cccc(F)c1. The second-order valence-corrected chi connectivity index (χ2v) is 8.40. The van der Waals surface area contributed by atoms with Gasteiger partial charge in [-0.05, 0) is 54.4 Å². The van der Waals surface area contributed by atoms with Crippen molar-refractivity contribution < 1.29 is 18.7 Å². The molecule has 6 rings (SSSR count). The number of carbonyl (C=O) groups is 1.